The van der Waals surface area contributed by atoms with Crippen molar-refractivity contribution in [3.8, 4) is 0 Å². The molecule has 0 aliphatic rings. The van der Waals surface area contributed by atoms with Crippen molar-refractivity contribution in [2.24, 2.45) is 0 Å². The Morgan fingerprint density at radius 1 is 1.28 bits per heavy atom. The summed E-state index contributed by atoms with van der Waals surface area (Å²) in [5.74, 6) is 0.576. The fourth-order valence-electron chi connectivity index (χ4n) is 1.53. The van der Waals surface area contributed by atoms with E-state index in [2.05, 4.69) is 41.3 Å². The molecule has 0 bridgehead atoms. The van der Waals surface area contributed by atoms with Crippen LogP contribution in [0.1, 0.15) is 5.69 Å². The number of hydrogen-bond donors (Lipinski definition) is 1. The Labute approximate surface area is 111 Å². The Balaban J connectivity index is 1.79. The molecule has 0 aromatic carbocycles. The first-order valence-electron chi connectivity index (χ1n) is 5.32. The highest BCUT2D eigenvalue weighted by Crippen LogP contribution is 2.12. The van der Waals surface area contributed by atoms with E-state index in [4.69, 9.17) is 0 Å². The number of halogens is 1. The van der Waals surface area contributed by atoms with E-state index < -0.39 is 0 Å². The van der Waals surface area contributed by atoms with Crippen molar-refractivity contribution in [2.75, 3.05) is 5.32 Å². The molecule has 3 aromatic heterocycles. The zero-order valence-electron chi connectivity index (χ0n) is 9.29. The lowest BCUT2D eigenvalue weighted by Gasteiger charge is -1.99. The van der Waals surface area contributed by atoms with Crippen LogP contribution in [0, 0.1) is 0 Å². The number of anilines is 1. The van der Waals surface area contributed by atoms with Gasteiger partial charge in [-0.1, -0.05) is 0 Å². The monoisotopic (exact) mass is 304 g/mol. The van der Waals surface area contributed by atoms with Gasteiger partial charge in [0, 0.05) is 16.9 Å². The molecule has 0 amide bonds. The van der Waals surface area contributed by atoms with Gasteiger partial charge in [-0.2, -0.15) is 4.98 Å². The second-order valence-electron chi connectivity index (χ2n) is 3.64. The van der Waals surface area contributed by atoms with Crippen LogP contribution in [0.25, 0.3) is 5.65 Å². The molecule has 0 saturated carbocycles. The summed E-state index contributed by atoms with van der Waals surface area (Å²) in [5, 5.41) is 7.43. The lowest BCUT2D eigenvalue weighted by Crippen LogP contribution is -2.03. The largest absolute Gasteiger partial charge is 0.347 e. The van der Waals surface area contributed by atoms with Crippen molar-refractivity contribution in [3.63, 3.8) is 0 Å². The van der Waals surface area contributed by atoms with Gasteiger partial charge in [0.1, 0.15) is 6.33 Å². The standard InChI is InChI=1S/C11H9BrN6/c12-8-1-2-10-16-11(17-18(10)6-8)14-5-9-3-4-13-7-15-9/h1-4,6-7H,5H2,(H,14,17). The van der Waals surface area contributed by atoms with Crippen LogP contribution in [-0.4, -0.2) is 24.6 Å². The fourth-order valence-corrected chi connectivity index (χ4v) is 1.85. The summed E-state index contributed by atoms with van der Waals surface area (Å²) in [6, 6.07) is 5.67. The average Bonchev–Trinajstić information content (AvgIpc) is 2.79. The number of pyridine rings is 1. The fraction of sp³-hybridized carbons (Fsp3) is 0.0909. The quantitative estimate of drug-likeness (QED) is 0.800. The van der Waals surface area contributed by atoms with Crippen LogP contribution < -0.4 is 5.32 Å². The highest BCUT2D eigenvalue weighted by Gasteiger charge is 2.03. The van der Waals surface area contributed by atoms with Crippen LogP contribution in [-0.2, 0) is 6.54 Å². The average molecular weight is 305 g/mol. The predicted molar refractivity (Wildman–Crippen MR) is 70.0 cm³/mol. The molecule has 6 nitrogen and oxygen atoms in total. The predicted octanol–water partition coefficient (Wildman–Crippen LogP) is 1.89. The van der Waals surface area contributed by atoms with Crippen molar-refractivity contribution in [1.29, 1.82) is 0 Å². The molecule has 0 aliphatic heterocycles. The van der Waals surface area contributed by atoms with Gasteiger partial charge in [-0.15, -0.1) is 5.10 Å². The summed E-state index contributed by atoms with van der Waals surface area (Å²) >= 11 is 3.39. The van der Waals surface area contributed by atoms with Crippen LogP contribution in [0.4, 0.5) is 5.95 Å². The van der Waals surface area contributed by atoms with E-state index in [1.807, 2.05) is 24.4 Å². The van der Waals surface area contributed by atoms with Crippen LogP contribution in [0.2, 0.25) is 0 Å². The summed E-state index contributed by atoms with van der Waals surface area (Å²) < 4.78 is 2.68. The van der Waals surface area contributed by atoms with Gasteiger partial charge in [-0.3, -0.25) is 0 Å². The third-order valence-electron chi connectivity index (χ3n) is 2.37. The van der Waals surface area contributed by atoms with Crippen LogP contribution in [0.3, 0.4) is 0 Å². The highest BCUT2D eigenvalue weighted by atomic mass is 79.9. The van der Waals surface area contributed by atoms with E-state index in [-0.39, 0.29) is 0 Å². The minimum absolute atomic E-state index is 0.570. The number of rotatable bonds is 3. The number of nitrogens with zero attached hydrogens (tertiary/aromatic N) is 5. The summed E-state index contributed by atoms with van der Waals surface area (Å²) in [6.07, 6.45) is 5.08. The van der Waals surface area contributed by atoms with Gasteiger partial charge in [0.15, 0.2) is 5.65 Å². The smallest absolute Gasteiger partial charge is 0.243 e. The maximum absolute atomic E-state index is 4.35. The van der Waals surface area contributed by atoms with Gasteiger partial charge < -0.3 is 5.32 Å². The van der Waals surface area contributed by atoms with Crippen molar-refractivity contribution in [2.45, 2.75) is 6.54 Å². The van der Waals surface area contributed by atoms with E-state index in [0.29, 0.717) is 12.5 Å². The van der Waals surface area contributed by atoms with Gasteiger partial charge in [0.25, 0.3) is 0 Å². The number of fused-ring (bicyclic) bond motifs is 1. The molecule has 90 valence electrons. The minimum atomic E-state index is 0.570. The first-order valence-corrected chi connectivity index (χ1v) is 6.11. The van der Waals surface area contributed by atoms with Crippen LogP contribution >= 0.6 is 15.9 Å². The zero-order valence-corrected chi connectivity index (χ0v) is 10.9. The van der Waals surface area contributed by atoms with Crippen molar-refractivity contribution < 1.29 is 0 Å². The lowest BCUT2D eigenvalue weighted by molar-refractivity contribution is 0.933. The maximum Gasteiger partial charge on any atom is 0.243 e. The molecular formula is C11H9BrN6. The van der Waals surface area contributed by atoms with Gasteiger partial charge in [-0.25, -0.2) is 14.5 Å². The molecule has 0 aliphatic carbocycles. The molecule has 0 saturated heterocycles. The molecule has 0 spiro atoms. The van der Waals surface area contributed by atoms with Crippen LogP contribution in [0.15, 0.2) is 41.4 Å². The van der Waals surface area contributed by atoms with Crippen LogP contribution in [0.5, 0.6) is 0 Å². The van der Waals surface area contributed by atoms with E-state index >= 15 is 0 Å². The maximum atomic E-state index is 4.35. The molecule has 3 heterocycles. The molecule has 7 heteroatoms. The SMILES string of the molecule is Brc1ccc2nc(NCc3ccncn3)nn2c1. The molecule has 0 unspecified atom stereocenters. The number of nitrogens with one attached hydrogen (secondary N) is 1. The Bertz CT molecular complexity index is 666. The molecule has 1 N–H and O–H groups in total. The molecule has 0 fully saturated rings. The van der Waals surface area contributed by atoms with E-state index in [0.717, 1.165) is 15.8 Å². The highest BCUT2D eigenvalue weighted by molar-refractivity contribution is 9.10. The molecule has 0 atom stereocenters. The summed E-state index contributed by atoms with van der Waals surface area (Å²) in [5.41, 5.74) is 1.69. The Hall–Kier alpha value is -2.02. The van der Waals surface area contributed by atoms with Crippen molar-refractivity contribution >= 4 is 27.5 Å². The van der Waals surface area contributed by atoms with Gasteiger partial charge in [0.2, 0.25) is 5.95 Å². The molecular weight excluding hydrogens is 296 g/mol. The summed E-state index contributed by atoms with van der Waals surface area (Å²) in [7, 11) is 0. The zero-order chi connectivity index (χ0) is 12.4. The van der Waals surface area contributed by atoms with Gasteiger partial charge >= 0.3 is 0 Å². The van der Waals surface area contributed by atoms with Crippen molar-refractivity contribution in [3.05, 3.63) is 47.1 Å². The lowest BCUT2D eigenvalue weighted by atomic mass is 10.4. The minimum Gasteiger partial charge on any atom is -0.347 e. The third kappa shape index (κ3) is 2.30. The summed E-state index contributed by atoms with van der Waals surface area (Å²) in [6.45, 7) is 0.570. The van der Waals surface area contributed by atoms with E-state index in [1.54, 1.807) is 10.7 Å². The Morgan fingerprint density at radius 2 is 2.22 bits per heavy atom. The molecule has 0 radical (unpaired) electrons. The molecule has 3 aromatic rings. The third-order valence-corrected chi connectivity index (χ3v) is 2.83. The normalized spacial score (nSPS) is 10.7. The Kier molecular flexibility index (Phi) is 2.89. The van der Waals surface area contributed by atoms with E-state index in [1.165, 1.54) is 6.33 Å². The Morgan fingerprint density at radius 3 is 3.06 bits per heavy atom. The summed E-state index contributed by atoms with van der Waals surface area (Å²) in [4.78, 5) is 12.3. The molecule has 18 heavy (non-hydrogen) atoms. The molecule has 3 rings (SSSR count). The first kappa shape index (κ1) is 11.1. The number of aromatic nitrogens is 5. The second kappa shape index (κ2) is 4.69. The van der Waals surface area contributed by atoms with E-state index in [9.17, 15) is 0 Å². The topological polar surface area (TPSA) is 68.0 Å². The first-order chi connectivity index (χ1) is 8.81. The van der Waals surface area contributed by atoms with Crippen molar-refractivity contribution in [1.82, 2.24) is 24.6 Å². The second-order valence-corrected chi connectivity index (χ2v) is 4.56. The number of hydrogen-bond acceptors (Lipinski definition) is 5. The van der Waals surface area contributed by atoms with Gasteiger partial charge in [-0.05, 0) is 34.1 Å². The van der Waals surface area contributed by atoms with Gasteiger partial charge in [0.05, 0.1) is 12.2 Å².